The van der Waals surface area contributed by atoms with Gasteiger partial charge in [0.15, 0.2) is 17.5 Å². The van der Waals surface area contributed by atoms with Crippen molar-refractivity contribution in [3.8, 4) is 79.4 Å². The third kappa shape index (κ3) is 6.64. The second kappa shape index (κ2) is 16.3. The van der Waals surface area contributed by atoms with Crippen molar-refractivity contribution in [2.45, 2.75) is 0 Å². The van der Waals surface area contributed by atoms with E-state index in [1.807, 2.05) is 48.5 Å². The number of hydrogen-bond donors (Lipinski definition) is 0. The quantitative estimate of drug-likeness (QED) is 0.152. The third-order valence-corrected chi connectivity index (χ3v) is 12.8. The van der Waals surface area contributed by atoms with Crippen molar-refractivity contribution >= 4 is 43.6 Å². The van der Waals surface area contributed by atoms with Crippen molar-refractivity contribution in [1.82, 2.24) is 34.1 Å². The van der Waals surface area contributed by atoms with E-state index in [0.29, 0.717) is 23.4 Å². The SMILES string of the molecule is c1ccc(-c2cccc(-c3nc(-c4ccccc4)nc(-n4c5ccccc5c5c6c7ccccc7n(-c7ccccc7-c7cc(-c8ccccc8)nc(-c8ccccc8)n7)c6ccc54)n3)c2)cc1. The molecule has 0 aliphatic heterocycles. The maximum Gasteiger partial charge on any atom is 0.238 e. The Balaban J connectivity index is 1.05. The monoisotopic (exact) mass is 869 g/mol. The van der Waals surface area contributed by atoms with Gasteiger partial charge >= 0.3 is 0 Å². The predicted octanol–water partition coefficient (Wildman–Crippen LogP) is 14.9. The maximum atomic E-state index is 5.33. The summed E-state index contributed by atoms with van der Waals surface area (Å²) in [6, 6.07) is 82.1. The van der Waals surface area contributed by atoms with Crippen molar-refractivity contribution < 1.29 is 0 Å². The summed E-state index contributed by atoms with van der Waals surface area (Å²) in [4.78, 5) is 26.1. The Kier molecular flexibility index (Phi) is 9.35. The molecule has 0 aliphatic carbocycles. The molecule has 7 nitrogen and oxygen atoms in total. The van der Waals surface area contributed by atoms with Gasteiger partial charge in [0.05, 0.1) is 39.1 Å². The highest BCUT2D eigenvalue weighted by atomic mass is 15.2. The van der Waals surface area contributed by atoms with Crippen molar-refractivity contribution in [3.63, 3.8) is 0 Å². The Morgan fingerprint density at radius 1 is 0.265 bits per heavy atom. The van der Waals surface area contributed by atoms with E-state index in [4.69, 9.17) is 24.9 Å². The first-order valence-corrected chi connectivity index (χ1v) is 22.8. The van der Waals surface area contributed by atoms with Crippen LogP contribution in [0.4, 0.5) is 0 Å². The van der Waals surface area contributed by atoms with Crippen molar-refractivity contribution in [2.75, 3.05) is 0 Å². The lowest BCUT2D eigenvalue weighted by atomic mass is 10.0. The Hall–Kier alpha value is -9.33. The van der Waals surface area contributed by atoms with Gasteiger partial charge in [-0.15, -0.1) is 0 Å². The molecule has 0 fully saturated rings. The van der Waals surface area contributed by atoms with Crippen LogP contribution in [-0.4, -0.2) is 34.1 Å². The fourth-order valence-electron chi connectivity index (χ4n) is 9.72. The summed E-state index contributed by atoms with van der Waals surface area (Å²) in [6.45, 7) is 0. The van der Waals surface area contributed by atoms with Gasteiger partial charge in [0, 0.05) is 49.4 Å². The molecule has 0 spiro atoms. The molecule has 0 saturated carbocycles. The smallest absolute Gasteiger partial charge is 0.238 e. The van der Waals surface area contributed by atoms with Gasteiger partial charge in [0.25, 0.3) is 0 Å². The molecule has 0 radical (unpaired) electrons. The largest absolute Gasteiger partial charge is 0.309 e. The lowest BCUT2D eigenvalue weighted by Gasteiger charge is -2.15. The molecule has 7 heteroatoms. The average molecular weight is 870 g/mol. The van der Waals surface area contributed by atoms with Crippen LogP contribution in [0.15, 0.2) is 237 Å². The van der Waals surface area contributed by atoms with E-state index in [1.54, 1.807) is 0 Å². The third-order valence-electron chi connectivity index (χ3n) is 12.8. The number of fused-ring (bicyclic) bond motifs is 7. The van der Waals surface area contributed by atoms with Crippen LogP contribution < -0.4 is 0 Å². The number of para-hydroxylation sites is 3. The molecule has 13 aromatic rings. The highest BCUT2D eigenvalue weighted by Crippen LogP contribution is 2.44. The maximum absolute atomic E-state index is 5.33. The normalized spacial score (nSPS) is 11.5. The summed E-state index contributed by atoms with van der Waals surface area (Å²) in [5, 5.41) is 4.52. The Morgan fingerprint density at radius 3 is 1.37 bits per heavy atom. The van der Waals surface area contributed by atoms with E-state index in [9.17, 15) is 0 Å². The van der Waals surface area contributed by atoms with Gasteiger partial charge in [-0.05, 0) is 53.6 Å². The van der Waals surface area contributed by atoms with Crippen molar-refractivity contribution in [2.24, 2.45) is 0 Å². The summed E-state index contributed by atoms with van der Waals surface area (Å²) in [5.74, 6) is 2.43. The van der Waals surface area contributed by atoms with Crippen LogP contribution in [0, 0.1) is 0 Å². The van der Waals surface area contributed by atoms with Crippen LogP contribution in [0.5, 0.6) is 0 Å². The molecule has 0 saturated heterocycles. The van der Waals surface area contributed by atoms with Gasteiger partial charge in [0.2, 0.25) is 5.95 Å². The number of aromatic nitrogens is 7. The minimum Gasteiger partial charge on any atom is -0.309 e. The van der Waals surface area contributed by atoms with Crippen LogP contribution in [0.3, 0.4) is 0 Å². The number of hydrogen-bond acceptors (Lipinski definition) is 5. The minimum atomic E-state index is 0.547. The molecule has 0 amide bonds. The number of benzene rings is 9. The molecule has 9 aromatic carbocycles. The zero-order valence-electron chi connectivity index (χ0n) is 36.6. The standard InChI is InChI=1S/C61H39N7/c1-5-20-40(21-6-1)44-28-19-29-45(38-44)60-64-59(43-26-11-4-12-27-43)65-61(66-60)68-53-35-18-15-32-48(53)57-55(68)37-36-54-56(57)47-31-14-17-34-52(47)67(54)51-33-16-13-30-46(51)50-39-49(41-22-7-2-8-23-41)62-58(63-50)42-24-9-3-10-25-42/h1-39H. The topological polar surface area (TPSA) is 74.3 Å². The summed E-state index contributed by atoms with van der Waals surface area (Å²) in [6.07, 6.45) is 0. The molecule has 0 unspecified atom stereocenters. The molecular weight excluding hydrogens is 831 g/mol. The van der Waals surface area contributed by atoms with E-state index < -0.39 is 0 Å². The molecule has 318 valence electrons. The predicted molar refractivity (Wildman–Crippen MR) is 277 cm³/mol. The lowest BCUT2D eigenvalue weighted by molar-refractivity contribution is 0.953. The first-order valence-electron chi connectivity index (χ1n) is 22.8. The van der Waals surface area contributed by atoms with Gasteiger partial charge in [0.1, 0.15) is 0 Å². The lowest BCUT2D eigenvalue weighted by Crippen LogP contribution is -2.06. The highest BCUT2D eigenvalue weighted by molar-refractivity contribution is 6.29. The minimum absolute atomic E-state index is 0.547. The van der Waals surface area contributed by atoms with E-state index in [0.717, 1.165) is 99.6 Å². The van der Waals surface area contributed by atoms with Gasteiger partial charge in [-0.25, -0.2) is 15.0 Å². The molecule has 0 N–H and O–H groups in total. The first-order chi connectivity index (χ1) is 33.7. The molecule has 4 aromatic heterocycles. The summed E-state index contributed by atoms with van der Waals surface area (Å²) in [7, 11) is 0. The zero-order chi connectivity index (χ0) is 45.0. The van der Waals surface area contributed by atoms with Crippen LogP contribution in [-0.2, 0) is 0 Å². The highest BCUT2D eigenvalue weighted by Gasteiger charge is 2.24. The fraction of sp³-hybridized carbons (Fsp3) is 0. The van der Waals surface area contributed by atoms with Crippen molar-refractivity contribution in [3.05, 3.63) is 237 Å². The van der Waals surface area contributed by atoms with Gasteiger partial charge in [-0.2, -0.15) is 9.97 Å². The molecule has 13 rings (SSSR count). The summed E-state index contributed by atoms with van der Waals surface area (Å²) in [5.41, 5.74) is 13.9. The Bertz CT molecular complexity index is 3950. The molecule has 68 heavy (non-hydrogen) atoms. The van der Waals surface area contributed by atoms with Crippen molar-refractivity contribution in [1.29, 1.82) is 0 Å². The van der Waals surface area contributed by atoms with Crippen LogP contribution in [0.25, 0.3) is 123 Å². The van der Waals surface area contributed by atoms with E-state index in [2.05, 4.69) is 197 Å². The Morgan fingerprint density at radius 2 is 0.721 bits per heavy atom. The van der Waals surface area contributed by atoms with Gasteiger partial charge in [-0.3, -0.25) is 4.57 Å². The second-order valence-electron chi connectivity index (χ2n) is 16.9. The fourth-order valence-corrected chi connectivity index (χ4v) is 9.72. The van der Waals surface area contributed by atoms with E-state index >= 15 is 0 Å². The summed E-state index contributed by atoms with van der Waals surface area (Å²) < 4.78 is 4.60. The molecule has 0 bridgehead atoms. The molecule has 0 aliphatic rings. The zero-order valence-corrected chi connectivity index (χ0v) is 36.6. The number of nitrogens with zero attached hydrogens (tertiary/aromatic N) is 7. The molecule has 0 atom stereocenters. The summed E-state index contributed by atoms with van der Waals surface area (Å²) >= 11 is 0. The first kappa shape index (κ1) is 39.1. The van der Waals surface area contributed by atoms with Crippen LogP contribution >= 0.6 is 0 Å². The van der Waals surface area contributed by atoms with Gasteiger partial charge in [-0.1, -0.05) is 194 Å². The second-order valence-corrected chi connectivity index (χ2v) is 16.9. The number of rotatable bonds is 8. The molecule has 4 heterocycles. The molecular formula is C61H39N7. The van der Waals surface area contributed by atoms with E-state index in [1.165, 1.54) is 0 Å². The Labute approximate surface area is 392 Å². The van der Waals surface area contributed by atoms with Crippen LogP contribution in [0.1, 0.15) is 0 Å². The van der Waals surface area contributed by atoms with Gasteiger partial charge < -0.3 is 4.57 Å². The van der Waals surface area contributed by atoms with E-state index in [-0.39, 0.29) is 0 Å². The van der Waals surface area contributed by atoms with Crippen LogP contribution in [0.2, 0.25) is 0 Å². The average Bonchev–Trinajstić information content (AvgIpc) is 3.94.